The van der Waals surface area contributed by atoms with Crippen LogP contribution in [0.1, 0.15) is 22.3 Å². The predicted molar refractivity (Wildman–Crippen MR) is 119 cm³/mol. The third-order valence-corrected chi connectivity index (χ3v) is 4.46. The lowest BCUT2D eigenvalue weighted by Gasteiger charge is -2.20. The summed E-state index contributed by atoms with van der Waals surface area (Å²) in [6.45, 7) is 1.88. The Morgan fingerprint density at radius 3 is 2.93 bits per heavy atom. The number of primary amides is 1. The zero-order chi connectivity index (χ0) is 19.2. The van der Waals surface area contributed by atoms with Gasteiger partial charge in [-0.3, -0.25) is 9.79 Å². The molecular weight excluding hydrogens is 474 g/mol. The van der Waals surface area contributed by atoms with Crippen LogP contribution in [0.3, 0.4) is 0 Å². The molecule has 2 heterocycles. The number of carbonyl (C=O) groups is 1. The summed E-state index contributed by atoms with van der Waals surface area (Å²) in [6.07, 6.45) is 2.45. The molecule has 1 aliphatic rings. The molecule has 28 heavy (non-hydrogen) atoms. The van der Waals surface area contributed by atoms with Crippen LogP contribution in [0.15, 0.2) is 47.6 Å². The Morgan fingerprint density at radius 2 is 2.21 bits per heavy atom. The molecule has 4 N–H and O–H groups in total. The van der Waals surface area contributed by atoms with Gasteiger partial charge in [0.1, 0.15) is 0 Å². The Kier molecular flexibility index (Phi) is 7.97. The maximum Gasteiger partial charge on any atom is 0.248 e. The van der Waals surface area contributed by atoms with E-state index < -0.39 is 5.91 Å². The second-order valence-electron chi connectivity index (χ2n) is 6.38. The lowest BCUT2D eigenvalue weighted by Crippen LogP contribution is -2.44. The van der Waals surface area contributed by atoms with Gasteiger partial charge in [-0.15, -0.1) is 24.0 Å². The van der Waals surface area contributed by atoms with Gasteiger partial charge >= 0.3 is 0 Å². The fourth-order valence-electron chi connectivity index (χ4n) is 3.09. The fourth-order valence-corrected chi connectivity index (χ4v) is 3.09. The van der Waals surface area contributed by atoms with E-state index in [0.717, 1.165) is 18.5 Å². The van der Waals surface area contributed by atoms with Gasteiger partial charge < -0.3 is 21.3 Å². The Balaban J connectivity index is 0.00000280. The van der Waals surface area contributed by atoms with Crippen LogP contribution in [0.25, 0.3) is 0 Å². The molecule has 0 saturated carbocycles. The highest BCUT2D eigenvalue weighted by Crippen LogP contribution is 2.20. The molecule has 7 nitrogen and oxygen atoms in total. The number of nitrogens with one attached hydrogen (secondary N) is 2. The summed E-state index contributed by atoms with van der Waals surface area (Å²) in [5, 5.41) is 6.57. The number of hydrogen-bond acceptors (Lipinski definition) is 4. The minimum Gasteiger partial charge on any atom is -0.366 e. The number of anilines is 1. The average Bonchev–Trinajstić information content (AvgIpc) is 3.14. The van der Waals surface area contributed by atoms with Crippen molar-refractivity contribution >= 4 is 41.7 Å². The third kappa shape index (κ3) is 5.54. The highest BCUT2D eigenvalue weighted by atomic mass is 127. The molecular formula is C19H24FIN6O. The first-order chi connectivity index (χ1) is 13.1. The van der Waals surface area contributed by atoms with Crippen LogP contribution < -0.4 is 21.3 Å². The predicted octanol–water partition coefficient (Wildman–Crippen LogP) is 1.88. The second-order valence-corrected chi connectivity index (χ2v) is 6.38. The Labute approximate surface area is 180 Å². The molecule has 1 saturated heterocycles. The van der Waals surface area contributed by atoms with Crippen molar-refractivity contribution in [2.75, 3.05) is 25.0 Å². The summed E-state index contributed by atoms with van der Waals surface area (Å²) in [5.41, 5.74) is 6.72. The second kappa shape index (κ2) is 10.2. The van der Waals surface area contributed by atoms with Gasteiger partial charge in [0.2, 0.25) is 5.91 Å². The maximum absolute atomic E-state index is 13.9. The van der Waals surface area contributed by atoms with Crippen molar-refractivity contribution in [2.45, 2.75) is 19.0 Å². The quantitative estimate of drug-likeness (QED) is 0.333. The Morgan fingerprint density at radius 1 is 1.39 bits per heavy atom. The van der Waals surface area contributed by atoms with Crippen LogP contribution >= 0.6 is 24.0 Å². The summed E-state index contributed by atoms with van der Waals surface area (Å²) in [6, 6.07) is 10.3. The van der Waals surface area contributed by atoms with Crippen LogP contribution in [0.5, 0.6) is 0 Å². The number of aromatic nitrogens is 1. The number of aliphatic imine (C=N–C) groups is 1. The summed E-state index contributed by atoms with van der Waals surface area (Å²) in [4.78, 5) is 21.6. The molecule has 1 atom stereocenters. The fraction of sp³-hybridized carbons (Fsp3) is 0.316. The van der Waals surface area contributed by atoms with Crippen molar-refractivity contribution in [1.82, 2.24) is 15.6 Å². The van der Waals surface area contributed by atoms with E-state index in [-0.39, 0.29) is 35.8 Å². The molecule has 0 aliphatic carbocycles. The van der Waals surface area contributed by atoms with Crippen molar-refractivity contribution in [1.29, 1.82) is 0 Å². The maximum atomic E-state index is 13.9. The first-order valence-corrected chi connectivity index (χ1v) is 8.78. The summed E-state index contributed by atoms with van der Waals surface area (Å²) < 4.78 is 13.9. The molecule has 1 amide bonds. The van der Waals surface area contributed by atoms with E-state index in [9.17, 15) is 9.18 Å². The SMILES string of the molecule is CN=C(NCc1cccc(C(N)=O)c1)NC1CCN(c2ncccc2F)C1.I. The number of nitrogens with zero attached hydrogens (tertiary/aromatic N) is 3. The molecule has 1 aliphatic heterocycles. The topological polar surface area (TPSA) is 95.6 Å². The minimum atomic E-state index is -0.452. The monoisotopic (exact) mass is 498 g/mol. The Bertz CT molecular complexity index is 847. The molecule has 1 aromatic heterocycles. The standard InChI is InChI=1S/C19H23FN6O.HI/c1-22-19(24-11-13-4-2-5-14(10-13)17(21)27)25-15-7-9-26(12-15)18-16(20)6-3-8-23-18;/h2-6,8,10,15H,7,9,11-12H2,1H3,(H2,21,27)(H2,22,24,25);1H. The number of hydrogen-bond donors (Lipinski definition) is 3. The largest absolute Gasteiger partial charge is 0.366 e. The first-order valence-electron chi connectivity index (χ1n) is 8.78. The average molecular weight is 498 g/mol. The molecule has 0 radical (unpaired) electrons. The highest BCUT2D eigenvalue weighted by molar-refractivity contribution is 14.0. The normalized spacial score (nSPS) is 16.4. The molecule has 3 rings (SSSR count). The smallest absolute Gasteiger partial charge is 0.248 e. The van der Waals surface area contributed by atoms with E-state index in [1.54, 1.807) is 37.5 Å². The Hall–Kier alpha value is -2.43. The lowest BCUT2D eigenvalue weighted by atomic mass is 10.1. The number of rotatable bonds is 5. The molecule has 1 fully saturated rings. The van der Waals surface area contributed by atoms with Crippen molar-refractivity contribution in [3.05, 3.63) is 59.5 Å². The molecule has 1 unspecified atom stereocenters. The van der Waals surface area contributed by atoms with E-state index in [0.29, 0.717) is 30.4 Å². The van der Waals surface area contributed by atoms with E-state index >= 15 is 0 Å². The number of pyridine rings is 1. The van der Waals surface area contributed by atoms with Gasteiger partial charge in [-0.2, -0.15) is 0 Å². The molecule has 1 aromatic carbocycles. The van der Waals surface area contributed by atoms with Crippen LogP contribution in [0.2, 0.25) is 0 Å². The number of carbonyl (C=O) groups excluding carboxylic acids is 1. The molecule has 2 aromatic rings. The first kappa shape index (κ1) is 21.9. The zero-order valence-corrected chi connectivity index (χ0v) is 17.9. The minimum absolute atomic E-state index is 0. The van der Waals surface area contributed by atoms with Gasteiger partial charge in [-0.05, 0) is 36.2 Å². The third-order valence-electron chi connectivity index (χ3n) is 4.46. The van der Waals surface area contributed by atoms with Crippen LogP contribution in [0.4, 0.5) is 10.2 Å². The lowest BCUT2D eigenvalue weighted by molar-refractivity contribution is 0.1000. The zero-order valence-electron chi connectivity index (χ0n) is 15.6. The number of amides is 1. The van der Waals surface area contributed by atoms with Crippen molar-refractivity contribution in [3.63, 3.8) is 0 Å². The number of halogens is 2. The number of guanidine groups is 1. The molecule has 0 spiro atoms. The van der Waals surface area contributed by atoms with E-state index in [2.05, 4.69) is 20.6 Å². The molecule has 150 valence electrons. The van der Waals surface area contributed by atoms with Gasteiger partial charge in [-0.1, -0.05) is 12.1 Å². The van der Waals surface area contributed by atoms with Crippen LogP contribution in [-0.4, -0.2) is 43.0 Å². The molecule has 0 bridgehead atoms. The van der Waals surface area contributed by atoms with Crippen LogP contribution in [-0.2, 0) is 6.54 Å². The van der Waals surface area contributed by atoms with E-state index in [1.165, 1.54) is 6.07 Å². The van der Waals surface area contributed by atoms with Crippen molar-refractivity contribution in [2.24, 2.45) is 10.7 Å². The molecule has 9 heteroatoms. The van der Waals surface area contributed by atoms with Crippen molar-refractivity contribution < 1.29 is 9.18 Å². The van der Waals surface area contributed by atoms with Crippen LogP contribution in [0, 0.1) is 5.82 Å². The number of nitrogens with two attached hydrogens (primary N) is 1. The summed E-state index contributed by atoms with van der Waals surface area (Å²) in [7, 11) is 1.69. The van der Waals surface area contributed by atoms with Gasteiger partial charge in [0.25, 0.3) is 0 Å². The number of benzene rings is 1. The summed E-state index contributed by atoms with van der Waals surface area (Å²) >= 11 is 0. The van der Waals surface area contributed by atoms with Gasteiger partial charge in [0.15, 0.2) is 17.6 Å². The van der Waals surface area contributed by atoms with Crippen molar-refractivity contribution in [3.8, 4) is 0 Å². The summed E-state index contributed by atoms with van der Waals surface area (Å²) in [5.74, 6) is 0.267. The van der Waals surface area contributed by atoms with E-state index in [4.69, 9.17) is 5.73 Å². The van der Waals surface area contributed by atoms with Gasteiger partial charge in [0, 0.05) is 44.5 Å². The van der Waals surface area contributed by atoms with Gasteiger partial charge in [0.05, 0.1) is 0 Å². The highest BCUT2D eigenvalue weighted by Gasteiger charge is 2.25. The van der Waals surface area contributed by atoms with E-state index in [1.807, 2.05) is 11.0 Å². The van der Waals surface area contributed by atoms with Gasteiger partial charge in [-0.25, -0.2) is 9.37 Å².